The van der Waals surface area contributed by atoms with E-state index in [9.17, 15) is 18.0 Å². The lowest BCUT2D eigenvalue weighted by Gasteiger charge is -2.09. The number of alkyl halides is 3. The van der Waals surface area contributed by atoms with E-state index in [1.165, 1.54) is 24.5 Å². The number of amides is 1. The Bertz CT molecular complexity index is 897. The van der Waals surface area contributed by atoms with Crippen LogP contribution in [0.4, 0.5) is 24.8 Å². The summed E-state index contributed by atoms with van der Waals surface area (Å²) in [4.78, 5) is 24.2. The van der Waals surface area contributed by atoms with Gasteiger partial charge < -0.3 is 10.6 Å². The molecule has 9 heteroatoms. The Morgan fingerprint density at radius 1 is 0.963 bits per heavy atom. The van der Waals surface area contributed by atoms with E-state index in [1.807, 2.05) is 6.07 Å². The number of pyridine rings is 1. The molecule has 2 heterocycles. The predicted octanol–water partition coefficient (Wildman–Crippen LogP) is 3.56. The summed E-state index contributed by atoms with van der Waals surface area (Å²) in [7, 11) is 0. The van der Waals surface area contributed by atoms with E-state index >= 15 is 0 Å². The molecular weight excluding hydrogens is 359 g/mol. The second kappa shape index (κ2) is 7.81. The average molecular weight is 373 g/mol. The lowest BCUT2D eigenvalue weighted by molar-refractivity contribution is -0.137. The summed E-state index contributed by atoms with van der Waals surface area (Å²) in [5.74, 6) is -0.197. The maximum atomic E-state index is 12.6. The van der Waals surface area contributed by atoms with Crippen molar-refractivity contribution in [3.8, 4) is 0 Å². The van der Waals surface area contributed by atoms with Crippen molar-refractivity contribution in [2.75, 3.05) is 5.32 Å². The molecule has 0 atom stereocenters. The minimum absolute atomic E-state index is 0.163. The summed E-state index contributed by atoms with van der Waals surface area (Å²) in [6.45, 7) is 0.269. The zero-order chi connectivity index (χ0) is 19.3. The fraction of sp³-hybridized carbons (Fsp3) is 0.111. The van der Waals surface area contributed by atoms with Crippen LogP contribution in [0.3, 0.4) is 0 Å². The van der Waals surface area contributed by atoms with Crippen molar-refractivity contribution in [3.05, 3.63) is 77.9 Å². The number of benzene rings is 1. The van der Waals surface area contributed by atoms with E-state index in [2.05, 4.69) is 25.6 Å². The molecule has 2 N–H and O–H groups in total. The summed E-state index contributed by atoms with van der Waals surface area (Å²) in [6.07, 6.45) is -0.105. The highest BCUT2D eigenvalue weighted by molar-refractivity contribution is 5.93. The van der Waals surface area contributed by atoms with Crippen LogP contribution in [0.5, 0.6) is 0 Å². The molecule has 1 amide bonds. The van der Waals surface area contributed by atoms with E-state index < -0.39 is 11.7 Å². The molecule has 138 valence electrons. The molecule has 0 spiro atoms. The Morgan fingerprint density at radius 3 is 2.26 bits per heavy atom. The molecule has 1 aromatic carbocycles. The molecule has 2 aromatic heterocycles. The zero-order valence-electron chi connectivity index (χ0n) is 13.9. The van der Waals surface area contributed by atoms with Crippen molar-refractivity contribution in [2.45, 2.75) is 12.7 Å². The number of rotatable bonds is 5. The molecule has 0 aliphatic rings. The van der Waals surface area contributed by atoms with Crippen LogP contribution < -0.4 is 10.6 Å². The Labute approximate surface area is 152 Å². The van der Waals surface area contributed by atoms with Gasteiger partial charge in [-0.25, -0.2) is 9.97 Å². The fourth-order valence-electron chi connectivity index (χ4n) is 2.16. The topological polar surface area (TPSA) is 79.8 Å². The first kappa shape index (κ1) is 18.3. The second-order valence-electron chi connectivity index (χ2n) is 5.50. The maximum Gasteiger partial charge on any atom is 0.416 e. The first-order valence-corrected chi connectivity index (χ1v) is 7.86. The Morgan fingerprint density at radius 2 is 1.67 bits per heavy atom. The number of nitrogens with zero attached hydrogens (tertiary/aromatic N) is 3. The van der Waals surface area contributed by atoms with Gasteiger partial charge in [0.15, 0.2) is 0 Å². The third kappa shape index (κ3) is 5.00. The Hall–Kier alpha value is -3.49. The lowest BCUT2D eigenvalue weighted by Crippen LogP contribution is -2.23. The number of hydrogen-bond donors (Lipinski definition) is 2. The lowest BCUT2D eigenvalue weighted by atomic mass is 10.2. The van der Waals surface area contributed by atoms with Gasteiger partial charge >= 0.3 is 6.18 Å². The highest BCUT2D eigenvalue weighted by atomic mass is 19.4. The number of hydrogen-bond acceptors (Lipinski definition) is 5. The SMILES string of the molecule is O=C(NCc1ccccn1)c1cnc(Nc2ccc(C(F)(F)F)cc2)nc1. The maximum absolute atomic E-state index is 12.6. The van der Waals surface area contributed by atoms with E-state index in [1.54, 1.807) is 18.3 Å². The third-order valence-electron chi connectivity index (χ3n) is 3.54. The second-order valence-corrected chi connectivity index (χ2v) is 5.50. The van der Waals surface area contributed by atoms with Crippen LogP contribution >= 0.6 is 0 Å². The first-order valence-electron chi connectivity index (χ1n) is 7.86. The van der Waals surface area contributed by atoms with Gasteiger partial charge in [0, 0.05) is 24.3 Å². The third-order valence-corrected chi connectivity index (χ3v) is 3.54. The molecule has 0 saturated heterocycles. The molecule has 6 nitrogen and oxygen atoms in total. The van der Waals surface area contributed by atoms with Gasteiger partial charge in [-0.1, -0.05) is 6.07 Å². The van der Waals surface area contributed by atoms with Gasteiger partial charge in [-0.2, -0.15) is 13.2 Å². The van der Waals surface area contributed by atoms with E-state index in [-0.39, 0.29) is 24.0 Å². The van der Waals surface area contributed by atoms with Gasteiger partial charge in [-0.3, -0.25) is 9.78 Å². The normalized spacial score (nSPS) is 11.1. The highest BCUT2D eigenvalue weighted by Gasteiger charge is 2.29. The average Bonchev–Trinajstić information content (AvgIpc) is 2.67. The smallest absolute Gasteiger partial charge is 0.346 e. The van der Waals surface area contributed by atoms with Crippen molar-refractivity contribution < 1.29 is 18.0 Å². The largest absolute Gasteiger partial charge is 0.416 e. The van der Waals surface area contributed by atoms with Crippen LogP contribution in [0.25, 0.3) is 0 Å². The molecule has 0 fully saturated rings. The summed E-state index contributed by atoms with van der Waals surface area (Å²) < 4.78 is 37.7. The van der Waals surface area contributed by atoms with Crippen LogP contribution in [0, 0.1) is 0 Å². The molecule has 27 heavy (non-hydrogen) atoms. The predicted molar refractivity (Wildman–Crippen MR) is 92.2 cm³/mol. The van der Waals surface area contributed by atoms with E-state index in [0.717, 1.165) is 12.1 Å². The number of halogens is 3. The minimum atomic E-state index is -4.39. The zero-order valence-corrected chi connectivity index (χ0v) is 13.9. The number of carbonyl (C=O) groups is 1. The molecule has 3 rings (SSSR count). The molecule has 0 saturated carbocycles. The first-order chi connectivity index (χ1) is 12.9. The standard InChI is InChI=1S/C18H14F3N5O/c19-18(20,21)13-4-6-14(7-5-13)26-17-24-9-12(10-25-17)16(27)23-11-15-3-1-2-8-22-15/h1-10H,11H2,(H,23,27)(H,24,25,26). The number of anilines is 2. The summed E-state index contributed by atoms with van der Waals surface area (Å²) in [5.41, 5.74) is 0.625. The van der Waals surface area contributed by atoms with Crippen LogP contribution in [0.2, 0.25) is 0 Å². The van der Waals surface area contributed by atoms with Gasteiger partial charge in [-0.15, -0.1) is 0 Å². The quantitative estimate of drug-likeness (QED) is 0.715. The minimum Gasteiger partial charge on any atom is -0.346 e. The van der Waals surface area contributed by atoms with Crippen molar-refractivity contribution in [3.63, 3.8) is 0 Å². The molecule has 0 aliphatic carbocycles. The molecule has 0 unspecified atom stereocenters. The summed E-state index contributed by atoms with van der Waals surface area (Å²) >= 11 is 0. The fourth-order valence-corrected chi connectivity index (χ4v) is 2.16. The number of nitrogens with one attached hydrogen (secondary N) is 2. The Kier molecular flexibility index (Phi) is 5.30. The number of aromatic nitrogens is 3. The van der Waals surface area contributed by atoms with E-state index in [4.69, 9.17) is 0 Å². The van der Waals surface area contributed by atoms with Crippen molar-refractivity contribution in [1.29, 1.82) is 0 Å². The highest BCUT2D eigenvalue weighted by Crippen LogP contribution is 2.30. The summed E-state index contributed by atoms with van der Waals surface area (Å²) in [5, 5.41) is 5.47. The van der Waals surface area contributed by atoms with Crippen molar-refractivity contribution >= 4 is 17.5 Å². The molecule has 0 radical (unpaired) electrons. The van der Waals surface area contributed by atoms with Crippen LogP contribution in [0.15, 0.2) is 61.1 Å². The summed E-state index contributed by atoms with van der Waals surface area (Å²) in [6, 6.07) is 9.86. The van der Waals surface area contributed by atoms with Gasteiger partial charge in [0.2, 0.25) is 5.95 Å². The Balaban J connectivity index is 1.59. The monoisotopic (exact) mass is 373 g/mol. The van der Waals surface area contributed by atoms with Crippen LogP contribution in [0.1, 0.15) is 21.6 Å². The van der Waals surface area contributed by atoms with Crippen molar-refractivity contribution in [1.82, 2.24) is 20.3 Å². The van der Waals surface area contributed by atoms with Gasteiger partial charge in [0.25, 0.3) is 5.91 Å². The van der Waals surface area contributed by atoms with Crippen molar-refractivity contribution in [2.24, 2.45) is 0 Å². The van der Waals surface area contributed by atoms with Crippen LogP contribution in [-0.2, 0) is 12.7 Å². The van der Waals surface area contributed by atoms with Gasteiger partial charge in [0.1, 0.15) is 0 Å². The van der Waals surface area contributed by atoms with Crippen LogP contribution in [-0.4, -0.2) is 20.9 Å². The molecular formula is C18H14F3N5O. The molecule has 0 bridgehead atoms. The van der Waals surface area contributed by atoms with Gasteiger partial charge in [0.05, 0.1) is 23.4 Å². The molecule has 3 aromatic rings. The number of carbonyl (C=O) groups excluding carboxylic acids is 1. The molecule has 0 aliphatic heterocycles. The van der Waals surface area contributed by atoms with Gasteiger partial charge in [-0.05, 0) is 36.4 Å². The van der Waals surface area contributed by atoms with E-state index in [0.29, 0.717) is 11.4 Å².